The molecule has 9 nitrogen and oxygen atoms in total. The molecule has 1 amide bonds. The number of carbonyl (C=O) groups excluding carboxylic acids is 1. The monoisotopic (exact) mass is 490 g/mol. The topological polar surface area (TPSA) is 96.5 Å². The first-order valence-corrected chi connectivity index (χ1v) is 12.3. The van der Waals surface area contributed by atoms with E-state index in [2.05, 4.69) is 28.8 Å². The van der Waals surface area contributed by atoms with Crippen molar-refractivity contribution in [2.75, 3.05) is 33.7 Å². The molecule has 3 aromatic rings. The minimum atomic E-state index is -1.09. The molecule has 1 saturated heterocycles. The van der Waals surface area contributed by atoms with Gasteiger partial charge in [-0.2, -0.15) is 5.10 Å². The second-order valence-corrected chi connectivity index (χ2v) is 10.0. The SMILES string of the molecule is C[C@H](CC(=O)N1CCC(O)(Cn2cnc3c(C#CCN(C)C)n(C)nc3c2=O)CC1)c1ccccc1. The third-order valence-electron chi connectivity index (χ3n) is 6.77. The number of fused-ring (bicyclic) bond motifs is 1. The van der Waals surface area contributed by atoms with Gasteiger partial charge in [0.1, 0.15) is 11.2 Å². The molecule has 0 aliphatic carbocycles. The molecular weight excluding hydrogens is 456 g/mol. The number of rotatable bonds is 6. The molecule has 2 aromatic heterocycles. The lowest BCUT2D eigenvalue weighted by molar-refractivity contribution is -0.136. The molecule has 190 valence electrons. The zero-order chi connectivity index (χ0) is 25.9. The van der Waals surface area contributed by atoms with Crippen molar-refractivity contribution in [2.45, 2.75) is 44.2 Å². The Bertz CT molecular complexity index is 1340. The van der Waals surface area contributed by atoms with Gasteiger partial charge in [0.25, 0.3) is 5.56 Å². The minimum absolute atomic E-state index is 0.0880. The molecule has 0 radical (unpaired) electrons. The number of hydrogen-bond donors (Lipinski definition) is 1. The van der Waals surface area contributed by atoms with Crippen LogP contribution in [0.4, 0.5) is 0 Å². The summed E-state index contributed by atoms with van der Waals surface area (Å²) in [6, 6.07) is 10.0. The highest BCUT2D eigenvalue weighted by Crippen LogP contribution is 2.26. The van der Waals surface area contributed by atoms with E-state index in [-0.39, 0.29) is 29.4 Å². The van der Waals surface area contributed by atoms with Crippen LogP contribution >= 0.6 is 0 Å². The van der Waals surface area contributed by atoms with E-state index in [0.717, 1.165) is 5.56 Å². The Labute approximate surface area is 211 Å². The van der Waals surface area contributed by atoms with Gasteiger partial charge < -0.3 is 10.0 Å². The molecule has 1 atom stereocenters. The van der Waals surface area contributed by atoms with Crippen molar-refractivity contribution < 1.29 is 9.90 Å². The Kier molecular flexibility index (Phi) is 7.57. The van der Waals surface area contributed by atoms with Gasteiger partial charge >= 0.3 is 0 Å². The van der Waals surface area contributed by atoms with E-state index in [4.69, 9.17) is 0 Å². The highest BCUT2D eigenvalue weighted by molar-refractivity contribution is 5.79. The maximum absolute atomic E-state index is 13.1. The van der Waals surface area contributed by atoms with Gasteiger partial charge in [0.15, 0.2) is 5.52 Å². The molecule has 3 heterocycles. The Balaban J connectivity index is 1.42. The first-order valence-electron chi connectivity index (χ1n) is 12.3. The fourth-order valence-corrected chi connectivity index (χ4v) is 4.57. The van der Waals surface area contributed by atoms with Crippen molar-refractivity contribution in [3.63, 3.8) is 0 Å². The van der Waals surface area contributed by atoms with Crippen LogP contribution in [-0.2, 0) is 18.4 Å². The summed E-state index contributed by atoms with van der Waals surface area (Å²) in [5.41, 5.74) is 1.03. The fraction of sp³-hybridized carbons (Fsp3) is 0.481. The number of aliphatic hydroxyl groups is 1. The molecule has 1 fully saturated rings. The van der Waals surface area contributed by atoms with E-state index in [9.17, 15) is 14.7 Å². The molecule has 1 N–H and O–H groups in total. The van der Waals surface area contributed by atoms with Gasteiger partial charge in [-0.25, -0.2) is 4.98 Å². The van der Waals surface area contributed by atoms with Crippen LogP contribution in [0.5, 0.6) is 0 Å². The van der Waals surface area contributed by atoms with Crippen LogP contribution in [0.3, 0.4) is 0 Å². The summed E-state index contributed by atoms with van der Waals surface area (Å²) >= 11 is 0. The molecule has 0 spiro atoms. The molecule has 9 heteroatoms. The smallest absolute Gasteiger partial charge is 0.281 e. The van der Waals surface area contributed by atoms with Crippen molar-refractivity contribution in [1.29, 1.82) is 0 Å². The Morgan fingerprint density at radius 3 is 2.56 bits per heavy atom. The van der Waals surface area contributed by atoms with Gasteiger partial charge in [-0.05, 0) is 44.3 Å². The van der Waals surface area contributed by atoms with Gasteiger partial charge in [0.05, 0.1) is 25.0 Å². The van der Waals surface area contributed by atoms with Crippen LogP contribution in [0.15, 0.2) is 41.5 Å². The van der Waals surface area contributed by atoms with Gasteiger partial charge in [-0.1, -0.05) is 43.2 Å². The van der Waals surface area contributed by atoms with Crippen molar-refractivity contribution in [1.82, 2.24) is 29.1 Å². The first-order chi connectivity index (χ1) is 17.2. The maximum Gasteiger partial charge on any atom is 0.281 e. The third-order valence-corrected chi connectivity index (χ3v) is 6.77. The van der Waals surface area contributed by atoms with Crippen molar-refractivity contribution in [3.05, 3.63) is 58.3 Å². The quantitative estimate of drug-likeness (QED) is 0.527. The van der Waals surface area contributed by atoms with Gasteiger partial charge in [0, 0.05) is 26.6 Å². The summed E-state index contributed by atoms with van der Waals surface area (Å²) in [4.78, 5) is 34.2. The molecule has 0 saturated carbocycles. The third kappa shape index (κ3) is 5.66. The Morgan fingerprint density at radius 2 is 1.89 bits per heavy atom. The van der Waals surface area contributed by atoms with Crippen LogP contribution in [-0.4, -0.2) is 79.5 Å². The molecular formula is C27H34N6O3. The van der Waals surface area contributed by atoms with Crippen molar-refractivity contribution in [2.24, 2.45) is 7.05 Å². The van der Waals surface area contributed by atoms with E-state index < -0.39 is 5.60 Å². The lowest BCUT2D eigenvalue weighted by Crippen LogP contribution is -2.49. The number of nitrogens with zero attached hydrogens (tertiary/aromatic N) is 6. The van der Waals surface area contributed by atoms with Crippen LogP contribution in [0, 0.1) is 11.8 Å². The zero-order valence-electron chi connectivity index (χ0n) is 21.4. The molecule has 1 aliphatic rings. The number of aryl methyl sites for hydroxylation is 1. The summed E-state index contributed by atoms with van der Waals surface area (Å²) in [5, 5.41) is 15.6. The molecule has 1 aliphatic heterocycles. The summed E-state index contributed by atoms with van der Waals surface area (Å²) < 4.78 is 2.99. The fourth-order valence-electron chi connectivity index (χ4n) is 4.57. The summed E-state index contributed by atoms with van der Waals surface area (Å²) in [5.74, 6) is 6.33. The second kappa shape index (κ2) is 10.6. The number of carbonyl (C=O) groups is 1. The predicted octanol–water partition coefficient (Wildman–Crippen LogP) is 1.59. The predicted molar refractivity (Wildman–Crippen MR) is 138 cm³/mol. The number of aromatic nitrogens is 4. The first kappa shape index (κ1) is 25.6. The number of piperidine rings is 1. The standard InChI is InChI=1S/C27H34N6O3/c1-20(21-9-6-5-7-10-21)17-23(34)32-15-12-27(36,13-16-32)18-33-19-28-24-22(11-8-14-30(2)3)31(4)29-25(24)26(33)35/h5-7,9-10,19-20,36H,12-18H2,1-4H3/t20-/m1/s1. The molecule has 0 unspecified atom stereocenters. The Morgan fingerprint density at radius 1 is 1.19 bits per heavy atom. The van der Waals surface area contributed by atoms with E-state index >= 15 is 0 Å². The van der Waals surface area contributed by atoms with Crippen LogP contribution in [0.25, 0.3) is 11.0 Å². The zero-order valence-corrected chi connectivity index (χ0v) is 21.4. The van der Waals surface area contributed by atoms with Gasteiger partial charge in [-0.15, -0.1) is 0 Å². The van der Waals surface area contributed by atoms with E-state index in [1.54, 1.807) is 11.7 Å². The lowest BCUT2D eigenvalue weighted by Gasteiger charge is -2.38. The number of amides is 1. The van der Waals surface area contributed by atoms with Crippen LogP contribution in [0.2, 0.25) is 0 Å². The largest absolute Gasteiger partial charge is 0.388 e. The summed E-state index contributed by atoms with van der Waals surface area (Å²) in [7, 11) is 5.61. The average Bonchev–Trinajstić information content (AvgIpc) is 3.17. The highest BCUT2D eigenvalue weighted by Gasteiger charge is 2.35. The molecule has 4 rings (SSSR count). The van der Waals surface area contributed by atoms with E-state index in [0.29, 0.717) is 50.1 Å². The highest BCUT2D eigenvalue weighted by atomic mass is 16.3. The average molecular weight is 491 g/mol. The maximum atomic E-state index is 13.1. The molecule has 0 bridgehead atoms. The van der Waals surface area contributed by atoms with E-state index in [1.165, 1.54) is 10.9 Å². The lowest BCUT2D eigenvalue weighted by atomic mass is 9.90. The summed E-state index contributed by atoms with van der Waals surface area (Å²) in [6.07, 6.45) is 2.68. The minimum Gasteiger partial charge on any atom is -0.388 e. The van der Waals surface area contributed by atoms with E-state index in [1.807, 2.05) is 54.2 Å². The molecule has 36 heavy (non-hydrogen) atoms. The Hall–Kier alpha value is -3.48. The second-order valence-electron chi connectivity index (χ2n) is 10.0. The van der Waals surface area contributed by atoms with Crippen LogP contribution in [0.1, 0.15) is 43.4 Å². The van der Waals surface area contributed by atoms with Gasteiger partial charge in [0.2, 0.25) is 5.91 Å². The normalized spacial score (nSPS) is 16.1. The van der Waals surface area contributed by atoms with Crippen LogP contribution < -0.4 is 5.56 Å². The summed E-state index contributed by atoms with van der Waals surface area (Å²) in [6.45, 7) is 3.66. The van der Waals surface area contributed by atoms with Gasteiger partial charge in [-0.3, -0.25) is 23.7 Å². The number of hydrogen-bond acceptors (Lipinski definition) is 6. The van der Waals surface area contributed by atoms with Crippen molar-refractivity contribution >= 4 is 16.9 Å². The number of likely N-dealkylation sites (tertiary alicyclic amines) is 1. The molecule has 1 aromatic carbocycles. The number of benzene rings is 1. The van der Waals surface area contributed by atoms with Crippen molar-refractivity contribution in [3.8, 4) is 11.8 Å².